The van der Waals surface area contributed by atoms with Crippen molar-refractivity contribution >= 4 is 0 Å². The summed E-state index contributed by atoms with van der Waals surface area (Å²) in [6.07, 6.45) is 1.47. The Morgan fingerprint density at radius 3 is 2.62 bits per heavy atom. The van der Waals surface area contributed by atoms with Gasteiger partial charge in [0.1, 0.15) is 11.6 Å². The first-order chi connectivity index (χ1) is 7.58. The van der Waals surface area contributed by atoms with Gasteiger partial charge in [0.2, 0.25) is 0 Å². The molecule has 0 unspecified atom stereocenters. The molecule has 0 spiro atoms. The molecule has 0 fully saturated rings. The molecule has 0 bridgehead atoms. The average Bonchev–Trinajstić information content (AvgIpc) is 2.25. The van der Waals surface area contributed by atoms with E-state index < -0.39 is 17.2 Å². The maximum absolute atomic E-state index is 13.4. The monoisotopic (exact) mass is 221 g/mol. The number of halogens is 2. The largest absolute Gasteiger partial charge is 0.281 e. The number of aromatic nitrogens is 1. The summed E-state index contributed by atoms with van der Waals surface area (Å²) in [6.45, 7) is 1.77. The Labute approximate surface area is 90.8 Å². The van der Waals surface area contributed by atoms with Crippen LogP contribution in [0.3, 0.4) is 0 Å². The van der Waals surface area contributed by atoms with Crippen molar-refractivity contribution in [2.75, 3.05) is 0 Å². The van der Waals surface area contributed by atoms with E-state index in [0.717, 1.165) is 28.3 Å². The molecule has 0 saturated heterocycles. The van der Waals surface area contributed by atoms with Crippen LogP contribution in [0.15, 0.2) is 41.3 Å². The lowest BCUT2D eigenvalue weighted by atomic mass is 10.2. The molecule has 2 aromatic rings. The molecule has 4 heteroatoms. The van der Waals surface area contributed by atoms with Gasteiger partial charge >= 0.3 is 0 Å². The summed E-state index contributed by atoms with van der Waals surface area (Å²) in [7, 11) is 0. The van der Waals surface area contributed by atoms with Gasteiger partial charge in [0.25, 0.3) is 5.56 Å². The minimum atomic E-state index is -0.630. The molecule has 0 saturated carbocycles. The van der Waals surface area contributed by atoms with Gasteiger partial charge < -0.3 is 0 Å². The lowest BCUT2D eigenvalue weighted by molar-refractivity contribution is 0.591. The van der Waals surface area contributed by atoms with Gasteiger partial charge in [-0.2, -0.15) is 0 Å². The first-order valence-electron chi connectivity index (χ1n) is 4.72. The summed E-state index contributed by atoms with van der Waals surface area (Å²) in [4.78, 5) is 11.5. The summed E-state index contributed by atoms with van der Waals surface area (Å²) in [6, 6.07) is 5.95. The van der Waals surface area contributed by atoms with Crippen molar-refractivity contribution in [3.8, 4) is 5.69 Å². The molecular formula is C12H9F2NO. The van der Waals surface area contributed by atoms with Crippen molar-refractivity contribution in [2.45, 2.75) is 6.92 Å². The number of rotatable bonds is 1. The van der Waals surface area contributed by atoms with Crippen LogP contribution in [0.1, 0.15) is 5.56 Å². The standard InChI is InChI=1S/C12H9F2NO/c1-8-2-5-12(16)15(7-8)11-6-9(13)3-4-10(11)14/h2-7H,1H3. The summed E-state index contributed by atoms with van der Waals surface area (Å²) < 4.78 is 27.5. The van der Waals surface area contributed by atoms with Crippen LogP contribution in [0.25, 0.3) is 5.69 Å². The molecule has 82 valence electrons. The summed E-state index contributed by atoms with van der Waals surface area (Å²) >= 11 is 0. The summed E-state index contributed by atoms with van der Waals surface area (Å²) in [5.74, 6) is -1.21. The van der Waals surface area contributed by atoms with Crippen LogP contribution in [0.4, 0.5) is 8.78 Å². The molecule has 2 rings (SSSR count). The quantitative estimate of drug-likeness (QED) is 0.724. The molecule has 0 amide bonds. The normalized spacial score (nSPS) is 10.4. The van der Waals surface area contributed by atoms with Crippen LogP contribution in [0.5, 0.6) is 0 Å². The van der Waals surface area contributed by atoms with Crippen LogP contribution in [0, 0.1) is 18.6 Å². The Morgan fingerprint density at radius 2 is 1.88 bits per heavy atom. The molecule has 0 aliphatic heterocycles. The molecule has 2 nitrogen and oxygen atoms in total. The highest BCUT2D eigenvalue weighted by atomic mass is 19.1. The number of aryl methyl sites for hydroxylation is 1. The average molecular weight is 221 g/mol. The van der Waals surface area contributed by atoms with E-state index in [-0.39, 0.29) is 5.69 Å². The highest BCUT2D eigenvalue weighted by molar-refractivity contribution is 5.35. The molecule has 16 heavy (non-hydrogen) atoms. The Hall–Kier alpha value is -1.97. The molecule has 0 atom stereocenters. The van der Waals surface area contributed by atoms with Gasteiger partial charge in [0, 0.05) is 18.3 Å². The predicted octanol–water partition coefficient (Wildman–Crippen LogP) is 2.42. The van der Waals surface area contributed by atoms with E-state index in [1.54, 1.807) is 13.0 Å². The molecule has 0 radical (unpaired) electrons. The number of benzene rings is 1. The first kappa shape index (κ1) is 10.5. The number of hydrogen-bond acceptors (Lipinski definition) is 1. The molecule has 1 aromatic carbocycles. The predicted molar refractivity (Wildman–Crippen MR) is 56.7 cm³/mol. The number of pyridine rings is 1. The van der Waals surface area contributed by atoms with E-state index in [2.05, 4.69) is 0 Å². The molecule has 0 aliphatic carbocycles. The fourth-order valence-electron chi connectivity index (χ4n) is 1.45. The minimum absolute atomic E-state index is 0.0753. The van der Waals surface area contributed by atoms with Gasteiger partial charge in [-0.25, -0.2) is 8.78 Å². The summed E-state index contributed by atoms with van der Waals surface area (Å²) in [5, 5.41) is 0. The van der Waals surface area contributed by atoms with Crippen molar-refractivity contribution in [1.29, 1.82) is 0 Å². The van der Waals surface area contributed by atoms with Crippen molar-refractivity contribution in [1.82, 2.24) is 4.57 Å². The van der Waals surface area contributed by atoms with Crippen molar-refractivity contribution in [2.24, 2.45) is 0 Å². The lowest BCUT2D eigenvalue weighted by Crippen LogP contribution is -2.17. The Balaban J connectivity index is 2.71. The van der Waals surface area contributed by atoms with Gasteiger partial charge in [-0.15, -0.1) is 0 Å². The van der Waals surface area contributed by atoms with Gasteiger partial charge in [-0.3, -0.25) is 9.36 Å². The van der Waals surface area contributed by atoms with Crippen LogP contribution in [0.2, 0.25) is 0 Å². The third-order valence-electron chi connectivity index (χ3n) is 2.23. The third kappa shape index (κ3) is 1.86. The van der Waals surface area contributed by atoms with E-state index in [1.807, 2.05) is 0 Å². The van der Waals surface area contributed by atoms with Crippen LogP contribution in [-0.4, -0.2) is 4.57 Å². The zero-order valence-corrected chi connectivity index (χ0v) is 8.58. The van der Waals surface area contributed by atoms with E-state index in [0.29, 0.717) is 0 Å². The SMILES string of the molecule is Cc1ccc(=O)n(-c2cc(F)ccc2F)c1. The number of nitrogens with zero attached hydrogens (tertiary/aromatic N) is 1. The number of hydrogen-bond donors (Lipinski definition) is 0. The Morgan fingerprint density at radius 1 is 1.12 bits per heavy atom. The van der Waals surface area contributed by atoms with Gasteiger partial charge in [-0.1, -0.05) is 6.07 Å². The van der Waals surface area contributed by atoms with Crippen LogP contribution < -0.4 is 5.56 Å². The summed E-state index contributed by atoms with van der Waals surface area (Å²) in [5.41, 5.74) is 0.326. The van der Waals surface area contributed by atoms with Gasteiger partial charge in [0.15, 0.2) is 0 Å². The third-order valence-corrected chi connectivity index (χ3v) is 2.23. The molecule has 0 N–H and O–H groups in total. The Kier molecular flexibility index (Phi) is 2.56. The fraction of sp³-hybridized carbons (Fsp3) is 0.0833. The van der Waals surface area contributed by atoms with E-state index in [1.165, 1.54) is 12.3 Å². The van der Waals surface area contributed by atoms with Crippen LogP contribution in [-0.2, 0) is 0 Å². The molecular weight excluding hydrogens is 212 g/mol. The first-order valence-corrected chi connectivity index (χ1v) is 4.72. The zero-order chi connectivity index (χ0) is 11.7. The van der Waals surface area contributed by atoms with E-state index in [9.17, 15) is 13.6 Å². The lowest BCUT2D eigenvalue weighted by Gasteiger charge is -2.07. The minimum Gasteiger partial charge on any atom is -0.281 e. The second kappa shape index (κ2) is 3.89. The maximum Gasteiger partial charge on any atom is 0.255 e. The van der Waals surface area contributed by atoms with Crippen LogP contribution >= 0.6 is 0 Å². The maximum atomic E-state index is 13.4. The van der Waals surface area contributed by atoms with Crippen molar-refractivity contribution in [3.05, 3.63) is 64.1 Å². The molecule has 1 heterocycles. The highest BCUT2D eigenvalue weighted by Crippen LogP contribution is 2.13. The van der Waals surface area contributed by atoms with Crippen molar-refractivity contribution < 1.29 is 8.78 Å². The highest BCUT2D eigenvalue weighted by Gasteiger charge is 2.07. The second-order valence-corrected chi connectivity index (χ2v) is 3.51. The van der Waals surface area contributed by atoms with E-state index in [4.69, 9.17) is 0 Å². The molecule has 0 aliphatic rings. The van der Waals surface area contributed by atoms with E-state index >= 15 is 0 Å². The molecule has 1 aromatic heterocycles. The van der Waals surface area contributed by atoms with Gasteiger partial charge in [-0.05, 0) is 24.6 Å². The van der Waals surface area contributed by atoms with Gasteiger partial charge in [0.05, 0.1) is 5.69 Å². The van der Waals surface area contributed by atoms with Crippen molar-refractivity contribution in [3.63, 3.8) is 0 Å². The smallest absolute Gasteiger partial charge is 0.255 e. The zero-order valence-electron chi connectivity index (χ0n) is 8.58. The Bertz CT molecular complexity index is 590. The second-order valence-electron chi connectivity index (χ2n) is 3.51. The topological polar surface area (TPSA) is 22.0 Å². The fourth-order valence-corrected chi connectivity index (χ4v) is 1.45.